The van der Waals surface area contributed by atoms with Crippen LogP contribution in [0.1, 0.15) is 65.5 Å². The highest BCUT2D eigenvalue weighted by molar-refractivity contribution is 7.26. The van der Waals surface area contributed by atoms with Gasteiger partial charge >= 0.3 is 0 Å². The van der Waals surface area contributed by atoms with Crippen LogP contribution in [0.25, 0.3) is 48.3 Å². The molecule has 0 bridgehead atoms. The first-order chi connectivity index (χ1) is 32.7. The molecule has 4 heteroatoms. The van der Waals surface area contributed by atoms with Gasteiger partial charge in [-0.1, -0.05) is 216 Å². The average Bonchev–Trinajstić information content (AvgIpc) is 3.62. The van der Waals surface area contributed by atoms with Gasteiger partial charge in [0.15, 0.2) is 0 Å². The predicted molar refractivity (Wildman–Crippen MR) is 295 cm³/mol. The molecule has 4 aromatic carbocycles. The summed E-state index contributed by atoms with van der Waals surface area (Å²) in [4.78, 5) is 9.80. The highest BCUT2D eigenvalue weighted by atomic mass is 32.1. The molecule has 3 heterocycles. The Labute approximate surface area is 405 Å². The van der Waals surface area contributed by atoms with Gasteiger partial charge in [-0.05, 0) is 92.0 Å². The number of aromatic nitrogens is 1. The summed E-state index contributed by atoms with van der Waals surface area (Å²) >= 11 is 1.84. The van der Waals surface area contributed by atoms with Gasteiger partial charge in [0.2, 0.25) is 0 Å². The van der Waals surface area contributed by atoms with Crippen molar-refractivity contribution in [3.05, 3.63) is 235 Å². The molecule has 2 aliphatic rings. The van der Waals surface area contributed by atoms with Crippen molar-refractivity contribution in [1.29, 1.82) is 0 Å². The number of allylic oxidation sites excluding steroid dienone is 14. The molecule has 3 nitrogen and oxygen atoms in total. The number of fused-ring (bicyclic) bond motifs is 4. The first-order valence-corrected chi connectivity index (χ1v) is 24.9. The Bertz CT molecular complexity index is 2930. The van der Waals surface area contributed by atoms with Crippen molar-refractivity contribution in [2.75, 3.05) is 11.9 Å². The minimum Gasteiger partial charge on any atom is -0.353 e. The molecule has 6 aromatic rings. The smallest absolute Gasteiger partial charge is 0.129 e. The molecule has 4 unspecified atom stereocenters. The number of hydrogen-bond donors (Lipinski definition) is 0. The largest absolute Gasteiger partial charge is 0.353 e. The van der Waals surface area contributed by atoms with Crippen molar-refractivity contribution in [1.82, 2.24) is 9.88 Å². The summed E-state index contributed by atoms with van der Waals surface area (Å²) in [5, 5.41) is 2.59. The number of likely N-dealkylation sites (N-methyl/N-ethyl adjacent to an activating group) is 1. The maximum atomic E-state index is 5.18. The van der Waals surface area contributed by atoms with Crippen molar-refractivity contribution in [2.24, 2.45) is 11.8 Å². The van der Waals surface area contributed by atoms with Gasteiger partial charge in [-0.2, -0.15) is 0 Å². The van der Waals surface area contributed by atoms with Crippen LogP contribution in [-0.2, 0) is 6.42 Å². The van der Waals surface area contributed by atoms with Gasteiger partial charge in [0.25, 0.3) is 0 Å². The van der Waals surface area contributed by atoms with E-state index in [0.29, 0.717) is 5.92 Å². The van der Waals surface area contributed by atoms with Crippen molar-refractivity contribution in [3.8, 4) is 22.4 Å². The predicted octanol–water partition coefficient (Wildman–Crippen LogP) is 17.3. The van der Waals surface area contributed by atoms with Crippen LogP contribution in [0.5, 0.6) is 0 Å². The highest BCUT2D eigenvalue weighted by Crippen LogP contribution is 2.40. The second-order valence-electron chi connectivity index (χ2n) is 17.4. The fourth-order valence-electron chi connectivity index (χ4n) is 8.83. The van der Waals surface area contributed by atoms with E-state index in [1.165, 1.54) is 53.6 Å². The Morgan fingerprint density at radius 3 is 2.34 bits per heavy atom. The summed E-state index contributed by atoms with van der Waals surface area (Å²) in [6.07, 6.45) is 33.9. The molecule has 0 spiro atoms. The summed E-state index contributed by atoms with van der Waals surface area (Å²) in [7, 11) is 2.12. The van der Waals surface area contributed by atoms with Crippen molar-refractivity contribution in [3.63, 3.8) is 0 Å². The van der Waals surface area contributed by atoms with Crippen LogP contribution >= 0.6 is 11.3 Å². The second-order valence-corrected chi connectivity index (χ2v) is 18.5. The normalized spacial score (nSPS) is 20.1. The molecule has 0 amide bonds. The van der Waals surface area contributed by atoms with E-state index >= 15 is 0 Å². The van der Waals surface area contributed by atoms with Crippen LogP contribution in [0.2, 0.25) is 0 Å². The first-order valence-electron chi connectivity index (χ1n) is 24.0. The fourth-order valence-corrected chi connectivity index (χ4v) is 10.1. The summed E-state index contributed by atoms with van der Waals surface area (Å²) < 4.78 is 2.59. The average molecular weight is 898 g/mol. The minimum absolute atomic E-state index is 0.0764. The van der Waals surface area contributed by atoms with Crippen LogP contribution < -0.4 is 4.90 Å². The zero-order valence-corrected chi connectivity index (χ0v) is 41.4. The number of hydrogen-bond acceptors (Lipinski definition) is 4. The lowest BCUT2D eigenvalue weighted by atomic mass is 9.87. The molecule has 0 saturated carbocycles. The summed E-state index contributed by atoms with van der Waals surface area (Å²) in [5.41, 5.74) is 11.8. The van der Waals surface area contributed by atoms with E-state index < -0.39 is 0 Å². The van der Waals surface area contributed by atoms with Crippen LogP contribution in [-0.4, -0.2) is 29.0 Å². The molecule has 8 rings (SSSR count). The van der Waals surface area contributed by atoms with Gasteiger partial charge in [0, 0.05) is 61.8 Å². The summed E-state index contributed by atoms with van der Waals surface area (Å²) in [5.74, 6) is 1.46. The molecule has 0 fully saturated rings. The third-order valence-electron chi connectivity index (χ3n) is 12.9. The molecule has 67 heavy (non-hydrogen) atoms. The van der Waals surface area contributed by atoms with Gasteiger partial charge < -0.3 is 9.80 Å². The van der Waals surface area contributed by atoms with Crippen LogP contribution in [0.15, 0.2) is 224 Å². The second kappa shape index (κ2) is 23.1. The summed E-state index contributed by atoms with van der Waals surface area (Å²) in [6, 6.07) is 39.3. The van der Waals surface area contributed by atoms with Gasteiger partial charge in [0.1, 0.15) is 5.82 Å². The molecule has 0 N–H and O–H groups in total. The van der Waals surface area contributed by atoms with E-state index in [1.807, 2.05) is 25.2 Å². The Morgan fingerprint density at radius 2 is 1.51 bits per heavy atom. The van der Waals surface area contributed by atoms with Crippen molar-refractivity contribution in [2.45, 2.75) is 72.9 Å². The number of anilines is 1. The van der Waals surface area contributed by atoms with Gasteiger partial charge in [-0.3, -0.25) is 0 Å². The number of thiophene rings is 1. The highest BCUT2D eigenvalue weighted by Gasteiger charge is 2.22. The third-order valence-corrected chi connectivity index (χ3v) is 14.1. The molecule has 2 aromatic heterocycles. The molecule has 4 atom stereocenters. The molecule has 1 aliphatic carbocycles. The lowest BCUT2D eigenvalue weighted by Crippen LogP contribution is -2.29. The van der Waals surface area contributed by atoms with E-state index in [2.05, 4.69) is 252 Å². The molecular formula is C63H67N3S. The van der Waals surface area contributed by atoms with Gasteiger partial charge in [-0.15, -0.1) is 11.3 Å². The Balaban J connectivity index is 0.00000329. The van der Waals surface area contributed by atoms with E-state index in [0.717, 1.165) is 47.7 Å². The molecule has 1 aliphatic heterocycles. The maximum absolute atomic E-state index is 5.18. The van der Waals surface area contributed by atoms with Crippen LogP contribution in [0.3, 0.4) is 0 Å². The van der Waals surface area contributed by atoms with E-state index in [-0.39, 0.29) is 18.0 Å². The maximum Gasteiger partial charge on any atom is 0.129 e. The Hall–Kier alpha value is -6.75. The standard InChI is InChI=1S/C61H61N3S.C2H6/c1-43-23-10-8-11-26-47(5)64(58-36-18-16-30-52-42-51(39-40-53(52)58)49-28-12-9-13-29-49)48(6)27-20-31-50(41-45(43)3)44(2)24-14-15-25-46(4)63(7)60-38-22-35-57(62-60)56-34-21-33-55-54-32-17-19-37-59(54)65-61(55)56;1-2/h9-29,31-40,42,44-47H,1,6,8,30,41H2,2-5,7H3;1-2H3/b23-10-,24-14-,25-15-,26-11-,27-20-,50-31+;. The zero-order chi connectivity index (χ0) is 47.3. The molecule has 340 valence electrons. The van der Waals surface area contributed by atoms with E-state index in [9.17, 15) is 0 Å². The lowest BCUT2D eigenvalue weighted by Gasteiger charge is -2.33. The Kier molecular flexibility index (Phi) is 16.6. The summed E-state index contributed by atoms with van der Waals surface area (Å²) in [6.45, 7) is 22.2. The molecule has 0 radical (unpaired) electrons. The fraction of sp³-hybridized carbons (Fsp3) is 0.222. The number of pyridine rings is 1. The number of benzene rings is 4. The monoisotopic (exact) mass is 898 g/mol. The van der Waals surface area contributed by atoms with Crippen molar-refractivity contribution >= 4 is 43.0 Å². The van der Waals surface area contributed by atoms with Gasteiger partial charge in [-0.25, -0.2) is 4.98 Å². The van der Waals surface area contributed by atoms with E-state index in [1.54, 1.807) is 0 Å². The lowest BCUT2D eigenvalue weighted by molar-refractivity contribution is 0.451. The van der Waals surface area contributed by atoms with E-state index in [4.69, 9.17) is 4.98 Å². The topological polar surface area (TPSA) is 19.4 Å². The van der Waals surface area contributed by atoms with Crippen LogP contribution in [0.4, 0.5) is 5.82 Å². The minimum atomic E-state index is 0.0764. The Morgan fingerprint density at radius 1 is 0.746 bits per heavy atom. The number of rotatable bonds is 9. The number of nitrogens with zero attached hydrogens (tertiary/aromatic N) is 3. The van der Waals surface area contributed by atoms with Crippen molar-refractivity contribution < 1.29 is 0 Å². The zero-order valence-electron chi connectivity index (χ0n) is 40.6. The van der Waals surface area contributed by atoms with Gasteiger partial charge in [0.05, 0.1) is 5.69 Å². The molecular weight excluding hydrogens is 831 g/mol. The first kappa shape index (κ1) is 48.2. The third kappa shape index (κ3) is 11.6. The molecule has 0 saturated heterocycles. The SMILES string of the molecule is C=C1/C=C\C/C=C\C(C)N(C2=CC=CCc3cc(-c4ccccc4)ccc32)C(=C)/C=C\C=C(\C(C)/C=C\C=C/C(C)N(C)c2cccc(-c3cccc4c3sc3ccccc34)n2)CC1C.CC. The quantitative estimate of drug-likeness (QED) is 0.106. The van der Waals surface area contributed by atoms with Crippen LogP contribution in [0, 0.1) is 11.8 Å².